The van der Waals surface area contributed by atoms with E-state index in [0.717, 1.165) is 0 Å². The number of aliphatic hydroxyl groups excluding tert-OH is 5. The second-order valence-electron chi connectivity index (χ2n) is 5.46. The van der Waals surface area contributed by atoms with Crippen molar-refractivity contribution in [3.63, 3.8) is 0 Å². The van der Waals surface area contributed by atoms with E-state index in [2.05, 4.69) is 15.9 Å². The molecule has 0 aromatic rings. The Morgan fingerprint density at radius 3 is 2.17 bits per heavy atom. The van der Waals surface area contributed by atoms with Crippen LogP contribution in [-0.2, 0) is 14.2 Å². The Morgan fingerprint density at radius 2 is 1.70 bits per heavy atom. The first-order valence-corrected chi connectivity index (χ1v) is 10.9. The summed E-state index contributed by atoms with van der Waals surface area (Å²) in [6.45, 7) is -0.390. The van der Waals surface area contributed by atoms with Crippen LogP contribution in [-0.4, -0.2) is 94.5 Å². The molecular weight excluding hydrogens is 606 g/mol. The van der Waals surface area contributed by atoms with Crippen LogP contribution in [0.25, 0.3) is 0 Å². The standard InChI is InChI=1S/C12H19BrI2O8/c13-6-5(2-16)21-11(9(19)8(6)18)23-12(3-15)10(20)7(17)4(1-14)22-12/h4-11,16-20H,1-3H2/t4-,5-,6-,7-,8+,9-,10+,11-,12+/m1/s1. The monoisotopic (exact) mass is 624 g/mol. The summed E-state index contributed by atoms with van der Waals surface area (Å²) < 4.78 is 17.4. The summed E-state index contributed by atoms with van der Waals surface area (Å²) in [6, 6.07) is 0. The topological polar surface area (TPSA) is 129 Å². The Balaban J connectivity index is 2.18. The van der Waals surface area contributed by atoms with E-state index in [-0.39, 0.29) is 11.0 Å². The fourth-order valence-electron chi connectivity index (χ4n) is 2.56. The highest BCUT2D eigenvalue weighted by atomic mass is 127. The Kier molecular flexibility index (Phi) is 7.77. The van der Waals surface area contributed by atoms with E-state index < -0.39 is 53.5 Å². The molecule has 0 aliphatic carbocycles. The lowest BCUT2D eigenvalue weighted by Crippen LogP contribution is -2.61. The maximum absolute atomic E-state index is 10.3. The molecule has 0 spiro atoms. The second-order valence-corrected chi connectivity index (χ2v) is 8.16. The van der Waals surface area contributed by atoms with Gasteiger partial charge in [-0.15, -0.1) is 0 Å². The van der Waals surface area contributed by atoms with Gasteiger partial charge in [-0.3, -0.25) is 0 Å². The SMILES string of the molecule is OC[C@H]1O[C@H](O[C@]2(CI)O[C@H](CI)[C@@H](O)[C@@H]2O)[C@H](O)[C@@H](O)[C@@H]1Br. The summed E-state index contributed by atoms with van der Waals surface area (Å²) >= 11 is 7.12. The van der Waals surface area contributed by atoms with Gasteiger partial charge in [-0.1, -0.05) is 61.1 Å². The molecule has 0 bridgehead atoms. The quantitative estimate of drug-likeness (QED) is 0.193. The molecule has 8 nitrogen and oxygen atoms in total. The highest BCUT2D eigenvalue weighted by Gasteiger charge is 2.57. The summed E-state index contributed by atoms with van der Waals surface area (Å²) in [5, 5.41) is 49.9. The first-order valence-electron chi connectivity index (χ1n) is 6.91. The Bertz CT molecular complexity index is 405. The third kappa shape index (κ3) is 3.99. The molecule has 9 atom stereocenters. The molecule has 2 saturated heterocycles. The number of rotatable bonds is 5. The smallest absolute Gasteiger partial charge is 0.209 e. The van der Waals surface area contributed by atoms with Crippen molar-refractivity contribution in [2.75, 3.05) is 15.5 Å². The Morgan fingerprint density at radius 1 is 1.04 bits per heavy atom. The minimum Gasteiger partial charge on any atom is -0.394 e. The molecule has 11 heteroatoms. The average molecular weight is 625 g/mol. The number of halogens is 3. The number of alkyl halides is 3. The molecule has 0 radical (unpaired) electrons. The van der Waals surface area contributed by atoms with Crippen molar-refractivity contribution < 1.29 is 39.7 Å². The lowest BCUT2D eigenvalue weighted by atomic mass is 10.0. The van der Waals surface area contributed by atoms with Crippen molar-refractivity contribution in [1.29, 1.82) is 0 Å². The second kappa shape index (κ2) is 8.54. The van der Waals surface area contributed by atoms with Gasteiger partial charge in [-0.05, 0) is 0 Å². The minimum absolute atomic E-state index is 0.167. The predicted octanol–water partition coefficient (Wildman–Crippen LogP) is -1.11. The van der Waals surface area contributed by atoms with Crippen molar-refractivity contribution in [2.45, 2.75) is 53.5 Å². The third-order valence-electron chi connectivity index (χ3n) is 3.96. The molecule has 0 aromatic heterocycles. The zero-order chi connectivity index (χ0) is 17.4. The maximum Gasteiger partial charge on any atom is 0.209 e. The first kappa shape index (κ1) is 20.9. The summed E-state index contributed by atoms with van der Waals surface area (Å²) in [6.07, 6.45) is -7.85. The predicted molar refractivity (Wildman–Crippen MR) is 99.0 cm³/mol. The highest BCUT2D eigenvalue weighted by molar-refractivity contribution is 14.1. The van der Waals surface area contributed by atoms with E-state index in [1.165, 1.54) is 0 Å². The van der Waals surface area contributed by atoms with Crippen LogP contribution in [0.1, 0.15) is 0 Å². The van der Waals surface area contributed by atoms with Crippen LogP contribution in [0.5, 0.6) is 0 Å². The van der Waals surface area contributed by atoms with Crippen molar-refractivity contribution in [2.24, 2.45) is 0 Å². The van der Waals surface area contributed by atoms with E-state index in [1.54, 1.807) is 0 Å². The van der Waals surface area contributed by atoms with Gasteiger partial charge in [0.1, 0.15) is 18.3 Å². The average Bonchev–Trinajstić information content (AvgIpc) is 2.80. The third-order valence-corrected chi connectivity index (χ3v) is 7.02. The molecule has 2 heterocycles. The number of hydrogen-bond acceptors (Lipinski definition) is 8. The van der Waals surface area contributed by atoms with Gasteiger partial charge in [-0.25, -0.2) is 0 Å². The number of ether oxygens (including phenoxy) is 3. The molecule has 23 heavy (non-hydrogen) atoms. The van der Waals surface area contributed by atoms with Gasteiger partial charge >= 0.3 is 0 Å². The van der Waals surface area contributed by atoms with E-state index >= 15 is 0 Å². The van der Waals surface area contributed by atoms with Crippen LogP contribution in [0.15, 0.2) is 0 Å². The van der Waals surface area contributed by atoms with Crippen LogP contribution in [0.2, 0.25) is 0 Å². The van der Waals surface area contributed by atoms with Crippen LogP contribution < -0.4 is 0 Å². The largest absolute Gasteiger partial charge is 0.394 e. The molecule has 5 N–H and O–H groups in total. The van der Waals surface area contributed by atoms with Crippen LogP contribution in [0.3, 0.4) is 0 Å². The molecule has 0 saturated carbocycles. The maximum atomic E-state index is 10.3. The Hall–Kier alpha value is 1.62. The molecule has 0 aromatic carbocycles. The summed E-state index contributed by atoms with van der Waals surface area (Å²) in [5.41, 5.74) is 0. The van der Waals surface area contributed by atoms with Crippen LogP contribution >= 0.6 is 61.1 Å². The molecule has 2 rings (SSSR count). The van der Waals surface area contributed by atoms with Crippen molar-refractivity contribution in [3.05, 3.63) is 0 Å². The molecule has 2 aliphatic heterocycles. The lowest BCUT2D eigenvalue weighted by Gasteiger charge is -2.43. The lowest BCUT2D eigenvalue weighted by molar-refractivity contribution is -0.355. The van der Waals surface area contributed by atoms with Gasteiger partial charge in [0.15, 0.2) is 6.29 Å². The van der Waals surface area contributed by atoms with Gasteiger partial charge in [0, 0.05) is 4.43 Å². The Labute approximate surface area is 168 Å². The first-order chi connectivity index (χ1) is 10.8. The van der Waals surface area contributed by atoms with Crippen molar-refractivity contribution in [1.82, 2.24) is 0 Å². The van der Waals surface area contributed by atoms with Gasteiger partial charge in [0.2, 0.25) is 5.79 Å². The summed E-state index contributed by atoms with van der Waals surface area (Å²) in [7, 11) is 0. The fraction of sp³-hybridized carbons (Fsp3) is 1.00. The summed E-state index contributed by atoms with van der Waals surface area (Å²) in [4.78, 5) is -0.667. The van der Waals surface area contributed by atoms with Crippen LogP contribution in [0, 0.1) is 0 Å². The van der Waals surface area contributed by atoms with E-state index in [4.69, 9.17) is 14.2 Å². The number of aliphatic hydroxyl groups is 5. The van der Waals surface area contributed by atoms with E-state index in [1.807, 2.05) is 45.2 Å². The molecule has 2 aliphatic rings. The van der Waals surface area contributed by atoms with Gasteiger partial charge in [-0.2, -0.15) is 0 Å². The van der Waals surface area contributed by atoms with Crippen LogP contribution in [0.4, 0.5) is 0 Å². The molecule has 136 valence electrons. The highest BCUT2D eigenvalue weighted by Crippen LogP contribution is 2.38. The van der Waals surface area contributed by atoms with E-state index in [0.29, 0.717) is 4.43 Å². The van der Waals surface area contributed by atoms with Gasteiger partial charge in [0.25, 0.3) is 0 Å². The number of hydrogen-bond donors (Lipinski definition) is 5. The molecular formula is C12H19BrI2O8. The van der Waals surface area contributed by atoms with E-state index in [9.17, 15) is 25.5 Å². The molecule has 2 fully saturated rings. The zero-order valence-electron chi connectivity index (χ0n) is 11.8. The summed E-state index contributed by atoms with van der Waals surface area (Å²) in [5.74, 6) is -1.57. The van der Waals surface area contributed by atoms with Crippen molar-refractivity contribution in [3.8, 4) is 0 Å². The van der Waals surface area contributed by atoms with Gasteiger partial charge < -0.3 is 39.7 Å². The zero-order valence-corrected chi connectivity index (χ0v) is 17.7. The molecule has 0 amide bonds. The molecule has 0 unspecified atom stereocenters. The fourth-order valence-corrected chi connectivity index (χ4v) is 4.67. The normalized spacial score (nSPS) is 51.1. The minimum atomic E-state index is -1.57. The van der Waals surface area contributed by atoms with Gasteiger partial charge in [0.05, 0.1) is 34.2 Å². The van der Waals surface area contributed by atoms with Crippen molar-refractivity contribution >= 4 is 61.1 Å².